The van der Waals surface area contributed by atoms with Crippen molar-refractivity contribution < 1.29 is 4.74 Å². The fourth-order valence-electron chi connectivity index (χ4n) is 1.06. The molecular weight excluding hydrogens is 164 g/mol. The van der Waals surface area contributed by atoms with Gasteiger partial charge in [-0.05, 0) is 32.6 Å². The van der Waals surface area contributed by atoms with Crippen molar-refractivity contribution in [2.45, 2.75) is 52.7 Å². The van der Waals surface area contributed by atoms with Gasteiger partial charge in [0, 0.05) is 6.04 Å². The first-order valence-corrected chi connectivity index (χ1v) is 5.14. The van der Waals surface area contributed by atoms with Gasteiger partial charge in [0.15, 0.2) is 0 Å². The number of rotatable bonds is 7. The zero-order valence-corrected chi connectivity index (χ0v) is 9.34. The molecule has 0 aromatic carbocycles. The van der Waals surface area contributed by atoms with Crippen LogP contribution in [-0.2, 0) is 4.74 Å². The Kier molecular flexibility index (Phi) is 7.23. The second-order valence-corrected chi connectivity index (χ2v) is 4.22. The molecule has 0 aliphatic rings. The average Bonchev–Trinajstić information content (AvgIpc) is 2.04. The third kappa shape index (κ3) is 8.22. The van der Waals surface area contributed by atoms with Crippen LogP contribution in [0.4, 0.5) is 0 Å². The summed E-state index contributed by atoms with van der Waals surface area (Å²) < 4.78 is 5.48. The molecule has 1 unspecified atom stereocenters. The van der Waals surface area contributed by atoms with Crippen molar-refractivity contribution in [3.63, 3.8) is 0 Å². The summed E-state index contributed by atoms with van der Waals surface area (Å²) in [6.07, 6.45) is 2.56. The number of hydrogen-bond donors (Lipinski definition) is 2. The second-order valence-electron chi connectivity index (χ2n) is 4.22. The van der Waals surface area contributed by atoms with Crippen molar-refractivity contribution in [1.82, 2.24) is 5.43 Å². The van der Waals surface area contributed by atoms with Gasteiger partial charge in [0.1, 0.15) is 0 Å². The van der Waals surface area contributed by atoms with Crippen LogP contribution in [0.1, 0.15) is 40.5 Å². The van der Waals surface area contributed by atoms with E-state index in [2.05, 4.69) is 19.3 Å². The Morgan fingerprint density at radius 3 is 2.15 bits per heavy atom. The number of hydrazine groups is 1. The summed E-state index contributed by atoms with van der Waals surface area (Å²) in [6.45, 7) is 9.22. The molecule has 0 aromatic heterocycles. The van der Waals surface area contributed by atoms with E-state index >= 15 is 0 Å². The van der Waals surface area contributed by atoms with Crippen molar-refractivity contribution in [1.29, 1.82) is 0 Å². The number of nitrogens with one attached hydrogen (secondary N) is 1. The largest absolute Gasteiger partial charge is 0.377 e. The van der Waals surface area contributed by atoms with E-state index in [-0.39, 0.29) is 6.10 Å². The summed E-state index contributed by atoms with van der Waals surface area (Å²) in [4.78, 5) is 0. The fraction of sp³-hybridized carbons (Fsp3) is 1.00. The van der Waals surface area contributed by atoms with Crippen LogP contribution in [0.15, 0.2) is 0 Å². The summed E-state index contributed by atoms with van der Waals surface area (Å²) in [5.41, 5.74) is 2.79. The van der Waals surface area contributed by atoms with Gasteiger partial charge in [0.05, 0.1) is 12.7 Å². The predicted octanol–water partition coefficient (Wildman–Crippen LogP) is 1.68. The van der Waals surface area contributed by atoms with Gasteiger partial charge in [-0.3, -0.25) is 11.3 Å². The zero-order chi connectivity index (χ0) is 10.3. The molecule has 3 nitrogen and oxygen atoms in total. The maximum Gasteiger partial charge on any atom is 0.0636 e. The van der Waals surface area contributed by atoms with Crippen molar-refractivity contribution in [2.24, 2.45) is 11.8 Å². The molecule has 3 heteroatoms. The number of hydrogen-bond acceptors (Lipinski definition) is 3. The normalized spacial score (nSPS) is 14.1. The van der Waals surface area contributed by atoms with Crippen LogP contribution >= 0.6 is 0 Å². The Hall–Kier alpha value is -0.120. The lowest BCUT2D eigenvalue weighted by atomic mass is 10.0. The van der Waals surface area contributed by atoms with Crippen molar-refractivity contribution >= 4 is 0 Å². The van der Waals surface area contributed by atoms with E-state index in [0.717, 1.165) is 12.3 Å². The lowest BCUT2D eigenvalue weighted by Crippen LogP contribution is -2.39. The van der Waals surface area contributed by atoms with Crippen molar-refractivity contribution in [2.75, 3.05) is 6.61 Å². The van der Waals surface area contributed by atoms with Crippen LogP contribution in [0.5, 0.6) is 0 Å². The molecule has 0 bridgehead atoms. The third-order valence-corrected chi connectivity index (χ3v) is 1.96. The molecule has 0 saturated carbocycles. The van der Waals surface area contributed by atoms with E-state index in [1.165, 1.54) is 6.42 Å². The molecule has 0 rings (SSSR count). The lowest BCUT2D eigenvalue weighted by Gasteiger charge is -2.18. The Morgan fingerprint density at radius 2 is 1.77 bits per heavy atom. The summed E-state index contributed by atoms with van der Waals surface area (Å²) in [5.74, 6) is 6.15. The molecule has 0 spiro atoms. The van der Waals surface area contributed by atoms with E-state index in [1.807, 2.05) is 13.8 Å². The van der Waals surface area contributed by atoms with Crippen LogP contribution in [0.2, 0.25) is 0 Å². The van der Waals surface area contributed by atoms with E-state index in [4.69, 9.17) is 10.6 Å². The van der Waals surface area contributed by atoms with Crippen molar-refractivity contribution in [3.8, 4) is 0 Å². The monoisotopic (exact) mass is 188 g/mol. The molecule has 0 aliphatic carbocycles. The Bertz CT molecular complexity index is 103. The third-order valence-electron chi connectivity index (χ3n) is 1.96. The van der Waals surface area contributed by atoms with E-state index < -0.39 is 0 Å². The topological polar surface area (TPSA) is 47.3 Å². The predicted molar refractivity (Wildman–Crippen MR) is 56.3 cm³/mol. The minimum absolute atomic E-state index is 0.287. The molecule has 1 atom stereocenters. The van der Waals surface area contributed by atoms with Gasteiger partial charge in [-0.15, -0.1) is 0 Å². The maximum absolute atomic E-state index is 5.48. The summed E-state index contributed by atoms with van der Waals surface area (Å²) in [5, 5.41) is 0. The minimum atomic E-state index is 0.287. The highest BCUT2D eigenvalue weighted by molar-refractivity contribution is 4.64. The molecular formula is C10H24N2O. The highest BCUT2D eigenvalue weighted by Gasteiger charge is 2.08. The SMILES string of the molecule is CC(C)CCC(COC(C)C)NN. The highest BCUT2D eigenvalue weighted by Crippen LogP contribution is 2.07. The lowest BCUT2D eigenvalue weighted by molar-refractivity contribution is 0.0585. The maximum atomic E-state index is 5.48. The average molecular weight is 188 g/mol. The quantitative estimate of drug-likeness (QED) is 0.472. The van der Waals surface area contributed by atoms with Crippen LogP contribution in [0.25, 0.3) is 0 Å². The molecule has 80 valence electrons. The number of ether oxygens (including phenoxy) is 1. The van der Waals surface area contributed by atoms with Gasteiger partial charge >= 0.3 is 0 Å². The number of nitrogens with two attached hydrogens (primary N) is 1. The van der Waals surface area contributed by atoms with Crippen LogP contribution in [0, 0.1) is 5.92 Å². The second kappa shape index (κ2) is 7.30. The van der Waals surface area contributed by atoms with Gasteiger partial charge in [-0.1, -0.05) is 13.8 Å². The standard InChI is InChI=1S/C10H24N2O/c1-8(2)5-6-10(12-11)7-13-9(3)4/h8-10,12H,5-7,11H2,1-4H3. The molecule has 0 amide bonds. The Labute approximate surface area is 82.0 Å². The smallest absolute Gasteiger partial charge is 0.0636 e. The first kappa shape index (κ1) is 12.9. The molecule has 0 fully saturated rings. The summed E-state index contributed by atoms with van der Waals surface area (Å²) in [6, 6.07) is 0.296. The van der Waals surface area contributed by atoms with Crippen LogP contribution in [-0.4, -0.2) is 18.8 Å². The zero-order valence-electron chi connectivity index (χ0n) is 9.34. The minimum Gasteiger partial charge on any atom is -0.377 e. The molecule has 3 N–H and O–H groups in total. The van der Waals surface area contributed by atoms with E-state index in [0.29, 0.717) is 12.6 Å². The first-order valence-electron chi connectivity index (χ1n) is 5.14. The molecule has 0 aromatic rings. The van der Waals surface area contributed by atoms with Gasteiger partial charge in [0.2, 0.25) is 0 Å². The van der Waals surface area contributed by atoms with Gasteiger partial charge in [-0.2, -0.15) is 0 Å². The summed E-state index contributed by atoms with van der Waals surface area (Å²) in [7, 11) is 0. The molecule has 0 radical (unpaired) electrons. The van der Waals surface area contributed by atoms with Gasteiger partial charge in [-0.25, -0.2) is 0 Å². The van der Waals surface area contributed by atoms with E-state index in [1.54, 1.807) is 0 Å². The van der Waals surface area contributed by atoms with E-state index in [9.17, 15) is 0 Å². The molecule has 0 aliphatic heterocycles. The highest BCUT2D eigenvalue weighted by atomic mass is 16.5. The van der Waals surface area contributed by atoms with Gasteiger partial charge < -0.3 is 4.74 Å². The van der Waals surface area contributed by atoms with Crippen LogP contribution < -0.4 is 11.3 Å². The molecule has 0 heterocycles. The summed E-state index contributed by atoms with van der Waals surface area (Å²) >= 11 is 0. The fourth-order valence-corrected chi connectivity index (χ4v) is 1.06. The van der Waals surface area contributed by atoms with Crippen molar-refractivity contribution in [3.05, 3.63) is 0 Å². The Morgan fingerprint density at radius 1 is 1.15 bits per heavy atom. The first-order chi connectivity index (χ1) is 6.06. The molecule has 0 saturated heterocycles. The van der Waals surface area contributed by atoms with Crippen LogP contribution in [0.3, 0.4) is 0 Å². The Balaban J connectivity index is 3.51. The van der Waals surface area contributed by atoms with Gasteiger partial charge in [0.25, 0.3) is 0 Å². The molecule has 13 heavy (non-hydrogen) atoms.